The first-order chi connectivity index (χ1) is 51.4. The topological polar surface area (TPSA) is 237 Å². The lowest BCUT2D eigenvalue weighted by Gasteiger charge is -2.21. The maximum Gasteiger partial charge on any atom is 0.472 e. The van der Waals surface area contributed by atoms with Crippen LogP contribution in [0.2, 0.25) is 0 Å². The number of aliphatic hydroxyl groups is 1. The number of carbonyl (C=O) groups is 4. The Morgan fingerprint density at radius 2 is 0.434 bits per heavy atom. The Morgan fingerprint density at radius 1 is 0.255 bits per heavy atom. The number of phosphoric acid groups is 2. The van der Waals surface area contributed by atoms with Crippen LogP contribution in [0.3, 0.4) is 0 Å². The molecule has 2 unspecified atom stereocenters. The lowest BCUT2D eigenvalue weighted by Crippen LogP contribution is -2.30. The number of rotatable bonds is 86. The Balaban J connectivity index is 5.23. The number of phosphoric ester groups is 2. The van der Waals surface area contributed by atoms with Crippen molar-refractivity contribution in [3.05, 3.63) is 0 Å². The van der Waals surface area contributed by atoms with Gasteiger partial charge in [-0.1, -0.05) is 414 Å². The fraction of sp³-hybridized carbons (Fsp3) is 0.954. The highest BCUT2D eigenvalue weighted by atomic mass is 31.2. The van der Waals surface area contributed by atoms with E-state index in [4.69, 9.17) is 37.0 Å². The van der Waals surface area contributed by atoms with Crippen LogP contribution in [-0.2, 0) is 65.4 Å². The first-order valence-electron chi connectivity index (χ1n) is 45.0. The quantitative estimate of drug-likeness (QED) is 0.0222. The van der Waals surface area contributed by atoms with Gasteiger partial charge in [0.1, 0.15) is 19.3 Å². The van der Waals surface area contributed by atoms with Crippen LogP contribution < -0.4 is 0 Å². The van der Waals surface area contributed by atoms with E-state index >= 15 is 0 Å². The minimum absolute atomic E-state index is 0.106. The molecule has 0 spiro atoms. The van der Waals surface area contributed by atoms with Crippen molar-refractivity contribution < 1.29 is 80.2 Å². The second kappa shape index (κ2) is 78.3. The van der Waals surface area contributed by atoms with Gasteiger partial charge in [0.2, 0.25) is 0 Å². The Kier molecular flexibility index (Phi) is 76.9. The average Bonchev–Trinajstić information content (AvgIpc) is 0.900. The summed E-state index contributed by atoms with van der Waals surface area (Å²) in [5.74, 6) is -0.593. The second-order valence-electron chi connectivity index (χ2n) is 32.2. The summed E-state index contributed by atoms with van der Waals surface area (Å²) in [6.45, 7) is 9.65. The van der Waals surface area contributed by atoms with E-state index in [1.165, 1.54) is 283 Å². The molecule has 5 atom stereocenters. The zero-order chi connectivity index (χ0) is 77.8. The van der Waals surface area contributed by atoms with Gasteiger partial charge in [0, 0.05) is 25.7 Å². The molecule has 0 rings (SSSR count). The standard InChI is InChI=1S/C87H170O17P2/c1-7-9-11-13-15-17-19-21-23-25-27-28-29-30-32-34-36-40-46-53-59-65-71-86(91)103-82(75-97-84(89)69-63-57-51-45-39-35-33-31-26-24-22-20-18-16-14-12-10-8-2)77-101-105(93,94)99-73-81(88)74-100-106(95,96)102-78-83(76-98-85(90)70-64-58-52-48-42-44-50-56-62-68-80(5)6)104-87(92)72-66-60-54-47-41-37-38-43-49-55-61-67-79(3)4/h79-83,88H,7-78H2,1-6H3,(H,93,94)(H,95,96)/t81-,82-,83-/m1/s1. The summed E-state index contributed by atoms with van der Waals surface area (Å²) in [7, 11) is -9.93. The second-order valence-corrected chi connectivity index (χ2v) is 35.1. The first kappa shape index (κ1) is 104. The van der Waals surface area contributed by atoms with Crippen molar-refractivity contribution in [2.24, 2.45) is 11.8 Å². The van der Waals surface area contributed by atoms with Crippen LogP contribution in [0.1, 0.15) is 465 Å². The zero-order valence-electron chi connectivity index (χ0n) is 69.7. The van der Waals surface area contributed by atoms with Crippen molar-refractivity contribution >= 4 is 39.5 Å². The van der Waals surface area contributed by atoms with Gasteiger partial charge in [0.25, 0.3) is 0 Å². The maximum atomic E-state index is 13.2. The predicted octanol–water partition coefficient (Wildman–Crippen LogP) is 26.6. The van der Waals surface area contributed by atoms with E-state index in [0.717, 1.165) is 102 Å². The van der Waals surface area contributed by atoms with Crippen LogP contribution in [0.5, 0.6) is 0 Å². The molecule has 17 nitrogen and oxygen atoms in total. The summed E-state index contributed by atoms with van der Waals surface area (Å²) in [4.78, 5) is 73.3. The van der Waals surface area contributed by atoms with Gasteiger partial charge in [-0.2, -0.15) is 0 Å². The highest BCUT2D eigenvalue weighted by molar-refractivity contribution is 7.47. The molecule has 0 fully saturated rings. The summed E-state index contributed by atoms with van der Waals surface area (Å²) in [6, 6.07) is 0. The lowest BCUT2D eigenvalue weighted by atomic mass is 10.0. The molecule has 3 N–H and O–H groups in total. The van der Waals surface area contributed by atoms with Gasteiger partial charge >= 0.3 is 39.5 Å². The predicted molar refractivity (Wildman–Crippen MR) is 437 cm³/mol. The summed E-state index contributed by atoms with van der Waals surface area (Å²) in [5.41, 5.74) is 0. The Hall–Kier alpha value is -1.94. The van der Waals surface area contributed by atoms with Crippen molar-refractivity contribution in [1.82, 2.24) is 0 Å². The number of carbonyl (C=O) groups excluding carboxylic acids is 4. The summed E-state index contributed by atoms with van der Waals surface area (Å²) in [6.07, 6.45) is 70.9. The van der Waals surface area contributed by atoms with Crippen molar-refractivity contribution in [3.8, 4) is 0 Å². The highest BCUT2D eigenvalue weighted by Gasteiger charge is 2.30. The molecule has 0 amide bonds. The molecule has 630 valence electrons. The third kappa shape index (κ3) is 80.1. The molecule has 19 heteroatoms. The van der Waals surface area contributed by atoms with E-state index in [0.29, 0.717) is 25.7 Å². The van der Waals surface area contributed by atoms with Crippen LogP contribution in [0.15, 0.2) is 0 Å². The molecule has 0 heterocycles. The van der Waals surface area contributed by atoms with E-state index in [9.17, 15) is 43.2 Å². The van der Waals surface area contributed by atoms with Crippen molar-refractivity contribution in [1.29, 1.82) is 0 Å². The fourth-order valence-electron chi connectivity index (χ4n) is 13.6. The van der Waals surface area contributed by atoms with E-state index < -0.39 is 97.5 Å². The third-order valence-electron chi connectivity index (χ3n) is 20.5. The SMILES string of the molecule is CCCCCCCCCCCCCCCCCCCCCCCCC(=O)O[C@H](COC(=O)CCCCCCCCCCCCCCCCCCCC)COP(=O)(O)OC[C@@H](O)COP(=O)(O)OC[C@@H](COC(=O)CCCCCCCCCCCC(C)C)OC(=O)CCCCCCCCCCCCCC(C)C. The van der Waals surface area contributed by atoms with Crippen LogP contribution in [0, 0.1) is 11.8 Å². The van der Waals surface area contributed by atoms with Crippen LogP contribution in [0.4, 0.5) is 0 Å². The molecular weight excluding hydrogens is 1380 g/mol. The molecule has 0 aliphatic rings. The number of unbranched alkanes of at least 4 members (excludes halogenated alkanes) is 56. The van der Waals surface area contributed by atoms with Crippen molar-refractivity contribution in [2.75, 3.05) is 39.6 Å². The smallest absolute Gasteiger partial charge is 0.462 e. The Labute approximate surface area is 651 Å². The van der Waals surface area contributed by atoms with Crippen LogP contribution in [-0.4, -0.2) is 96.7 Å². The Bertz CT molecular complexity index is 2030. The fourth-order valence-corrected chi connectivity index (χ4v) is 15.2. The molecule has 0 aliphatic heterocycles. The van der Waals surface area contributed by atoms with Gasteiger partial charge in [-0.05, 0) is 37.5 Å². The van der Waals surface area contributed by atoms with Gasteiger partial charge in [0.15, 0.2) is 12.2 Å². The number of aliphatic hydroxyl groups excluding tert-OH is 1. The first-order valence-corrected chi connectivity index (χ1v) is 48.0. The minimum atomic E-state index is -4.97. The van der Waals surface area contributed by atoms with Gasteiger partial charge in [-0.3, -0.25) is 37.3 Å². The zero-order valence-corrected chi connectivity index (χ0v) is 71.5. The third-order valence-corrected chi connectivity index (χ3v) is 22.4. The van der Waals surface area contributed by atoms with Gasteiger partial charge in [0.05, 0.1) is 26.4 Å². The molecule has 0 aromatic rings. The monoisotopic (exact) mass is 1550 g/mol. The number of hydrogen-bond donors (Lipinski definition) is 3. The molecule has 0 bridgehead atoms. The molecule has 0 saturated heterocycles. The number of ether oxygens (including phenoxy) is 4. The summed E-state index contributed by atoms with van der Waals surface area (Å²) < 4.78 is 68.9. The molecule has 106 heavy (non-hydrogen) atoms. The number of esters is 4. The minimum Gasteiger partial charge on any atom is -0.462 e. The molecule has 0 saturated carbocycles. The normalized spacial score (nSPS) is 13.8. The van der Waals surface area contributed by atoms with E-state index in [2.05, 4.69) is 41.5 Å². The summed E-state index contributed by atoms with van der Waals surface area (Å²) >= 11 is 0. The van der Waals surface area contributed by atoms with Crippen molar-refractivity contribution in [2.45, 2.75) is 484 Å². The maximum absolute atomic E-state index is 13.2. The van der Waals surface area contributed by atoms with Crippen LogP contribution in [0.25, 0.3) is 0 Å². The highest BCUT2D eigenvalue weighted by Crippen LogP contribution is 2.45. The molecule has 0 aliphatic carbocycles. The number of hydrogen-bond acceptors (Lipinski definition) is 15. The van der Waals surface area contributed by atoms with E-state index in [1.54, 1.807) is 0 Å². The lowest BCUT2D eigenvalue weighted by molar-refractivity contribution is -0.161. The molecule has 0 radical (unpaired) electrons. The molecule has 0 aromatic carbocycles. The van der Waals surface area contributed by atoms with E-state index in [1.807, 2.05) is 0 Å². The average molecular weight is 1550 g/mol. The van der Waals surface area contributed by atoms with Crippen molar-refractivity contribution in [3.63, 3.8) is 0 Å². The van der Waals surface area contributed by atoms with Crippen LogP contribution >= 0.6 is 15.6 Å². The summed E-state index contributed by atoms with van der Waals surface area (Å²) in [5, 5.41) is 10.7. The van der Waals surface area contributed by atoms with Gasteiger partial charge < -0.3 is 33.8 Å². The van der Waals surface area contributed by atoms with Gasteiger partial charge in [-0.15, -0.1) is 0 Å². The molecular formula is C87H170O17P2. The van der Waals surface area contributed by atoms with E-state index in [-0.39, 0.29) is 25.7 Å². The Morgan fingerprint density at radius 3 is 0.642 bits per heavy atom. The molecule has 0 aromatic heterocycles. The largest absolute Gasteiger partial charge is 0.472 e. The van der Waals surface area contributed by atoms with Gasteiger partial charge in [-0.25, -0.2) is 9.13 Å².